The largest absolute Gasteiger partial charge is 0.482 e. The molecule has 20 heavy (non-hydrogen) atoms. The van der Waals surface area contributed by atoms with E-state index < -0.39 is 0 Å². The van der Waals surface area contributed by atoms with Crippen molar-refractivity contribution in [2.45, 2.75) is 13.0 Å². The highest BCUT2D eigenvalue weighted by molar-refractivity contribution is 6.35. The lowest BCUT2D eigenvalue weighted by atomic mass is 10.2. The van der Waals surface area contributed by atoms with Gasteiger partial charge in [0.1, 0.15) is 5.75 Å². The Kier molecular flexibility index (Phi) is 7.16. The van der Waals surface area contributed by atoms with Gasteiger partial charge in [0.2, 0.25) is 0 Å². The first kappa shape index (κ1) is 16.6. The van der Waals surface area contributed by atoms with Crippen molar-refractivity contribution >= 4 is 29.1 Å². The molecule has 0 saturated heterocycles. The van der Waals surface area contributed by atoms with Gasteiger partial charge in [0, 0.05) is 23.7 Å². The second kappa shape index (κ2) is 8.64. The molecule has 0 atom stereocenters. The fourth-order valence-electron chi connectivity index (χ4n) is 1.54. The second-order valence-corrected chi connectivity index (χ2v) is 4.80. The van der Waals surface area contributed by atoms with Crippen LogP contribution >= 0.6 is 23.2 Å². The lowest BCUT2D eigenvalue weighted by Crippen LogP contribution is -2.29. The van der Waals surface area contributed by atoms with Crippen molar-refractivity contribution in [3.05, 3.63) is 27.7 Å². The molecule has 0 spiro atoms. The number of rotatable bonds is 7. The third-order valence-corrected chi connectivity index (χ3v) is 2.86. The minimum absolute atomic E-state index is 0.163. The number of nitriles is 1. The molecule has 1 aromatic rings. The Bertz CT molecular complexity index is 515. The molecule has 5 nitrogen and oxygen atoms in total. The third kappa shape index (κ3) is 5.25. The summed E-state index contributed by atoms with van der Waals surface area (Å²) in [5, 5.41) is 14.8. The number of amides is 1. The Morgan fingerprint density at radius 3 is 2.85 bits per heavy atom. The third-order valence-electron chi connectivity index (χ3n) is 2.36. The SMILES string of the molecule is CNCc1cc(Cl)cc(Cl)c1OCC(=O)NCCC#N. The Hall–Kier alpha value is -1.48. The molecule has 7 heteroatoms. The Morgan fingerprint density at radius 1 is 1.45 bits per heavy atom. The predicted molar refractivity (Wildman–Crippen MR) is 78.0 cm³/mol. The fourth-order valence-corrected chi connectivity index (χ4v) is 2.13. The van der Waals surface area contributed by atoms with Crippen LogP contribution in [0.2, 0.25) is 10.0 Å². The van der Waals surface area contributed by atoms with Crippen LogP contribution in [0.4, 0.5) is 0 Å². The molecule has 0 aliphatic carbocycles. The summed E-state index contributed by atoms with van der Waals surface area (Å²) in [6.45, 7) is 0.658. The number of nitrogens with one attached hydrogen (secondary N) is 2. The summed E-state index contributed by atoms with van der Waals surface area (Å²) in [7, 11) is 1.78. The van der Waals surface area contributed by atoms with Crippen LogP contribution < -0.4 is 15.4 Å². The number of ether oxygens (including phenoxy) is 1. The molecule has 108 valence electrons. The molecule has 0 fully saturated rings. The number of carbonyl (C=O) groups is 1. The summed E-state index contributed by atoms with van der Waals surface area (Å²) in [6, 6.07) is 5.23. The number of benzene rings is 1. The molecule has 0 aliphatic rings. The smallest absolute Gasteiger partial charge is 0.257 e. The van der Waals surface area contributed by atoms with E-state index >= 15 is 0 Å². The Balaban J connectivity index is 2.67. The van der Waals surface area contributed by atoms with Crippen LogP contribution in [0, 0.1) is 11.3 Å². The van der Waals surface area contributed by atoms with Crippen molar-refractivity contribution in [3.8, 4) is 11.8 Å². The minimum atomic E-state index is -0.304. The van der Waals surface area contributed by atoms with Crippen LogP contribution in [-0.4, -0.2) is 26.1 Å². The van der Waals surface area contributed by atoms with Gasteiger partial charge in [-0.05, 0) is 19.2 Å². The van der Waals surface area contributed by atoms with Crippen molar-refractivity contribution in [1.82, 2.24) is 10.6 Å². The zero-order valence-corrected chi connectivity index (χ0v) is 12.5. The van der Waals surface area contributed by atoms with Crippen molar-refractivity contribution < 1.29 is 9.53 Å². The van der Waals surface area contributed by atoms with E-state index in [0.29, 0.717) is 28.9 Å². The van der Waals surface area contributed by atoms with Crippen molar-refractivity contribution in [2.24, 2.45) is 0 Å². The molecule has 0 heterocycles. The number of hydrogen-bond acceptors (Lipinski definition) is 4. The van der Waals surface area contributed by atoms with Crippen LogP contribution in [0.15, 0.2) is 12.1 Å². The van der Waals surface area contributed by atoms with Crippen LogP contribution in [0.3, 0.4) is 0 Å². The van der Waals surface area contributed by atoms with Crippen LogP contribution in [0.25, 0.3) is 0 Å². The molecule has 0 radical (unpaired) electrons. The van der Waals surface area contributed by atoms with E-state index in [1.165, 1.54) is 0 Å². The monoisotopic (exact) mass is 315 g/mol. The average Bonchev–Trinajstić information content (AvgIpc) is 2.38. The second-order valence-electron chi connectivity index (χ2n) is 3.95. The Morgan fingerprint density at radius 2 is 2.20 bits per heavy atom. The molecule has 1 rings (SSSR count). The number of halogens is 2. The molecule has 0 unspecified atom stereocenters. The molecule has 1 amide bonds. The van der Waals surface area contributed by atoms with Gasteiger partial charge >= 0.3 is 0 Å². The topological polar surface area (TPSA) is 74.2 Å². The maximum Gasteiger partial charge on any atom is 0.257 e. The van der Waals surface area contributed by atoms with Gasteiger partial charge in [-0.1, -0.05) is 23.2 Å². The molecule has 0 saturated carbocycles. The molecule has 1 aromatic carbocycles. The maximum atomic E-state index is 11.5. The first-order chi connectivity index (χ1) is 9.58. The molecule has 0 aliphatic heterocycles. The van der Waals surface area contributed by atoms with Gasteiger partial charge in [0.25, 0.3) is 5.91 Å². The summed E-state index contributed by atoms with van der Waals surface area (Å²) in [6.07, 6.45) is 0.262. The summed E-state index contributed by atoms with van der Waals surface area (Å²) in [5.41, 5.74) is 0.773. The first-order valence-electron chi connectivity index (χ1n) is 5.97. The average molecular weight is 316 g/mol. The highest BCUT2D eigenvalue weighted by atomic mass is 35.5. The van der Waals surface area contributed by atoms with Crippen molar-refractivity contribution in [1.29, 1.82) is 5.26 Å². The summed E-state index contributed by atoms with van der Waals surface area (Å²) in [5.74, 6) is 0.127. The number of hydrogen-bond donors (Lipinski definition) is 2. The molecule has 2 N–H and O–H groups in total. The van der Waals surface area contributed by atoms with Crippen molar-refractivity contribution in [3.63, 3.8) is 0 Å². The summed E-state index contributed by atoms with van der Waals surface area (Å²) in [4.78, 5) is 11.5. The minimum Gasteiger partial charge on any atom is -0.482 e. The number of nitrogens with zero attached hydrogens (tertiary/aromatic N) is 1. The van der Waals surface area contributed by atoms with E-state index in [4.69, 9.17) is 33.2 Å². The fraction of sp³-hybridized carbons (Fsp3) is 0.385. The molecular weight excluding hydrogens is 301 g/mol. The lowest BCUT2D eigenvalue weighted by molar-refractivity contribution is -0.123. The predicted octanol–water partition coefficient (Wildman–Crippen LogP) is 2.12. The zero-order valence-electron chi connectivity index (χ0n) is 11.0. The highest BCUT2D eigenvalue weighted by Gasteiger charge is 2.12. The van der Waals surface area contributed by atoms with Gasteiger partial charge in [0.05, 0.1) is 17.5 Å². The van der Waals surface area contributed by atoms with Crippen LogP contribution in [-0.2, 0) is 11.3 Å². The lowest BCUT2D eigenvalue weighted by Gasteiger charge is -2.13. The van der Waals surface area contributed by atoms with Crippen LogP contribution in [0.1, 0.15) is 12.0 Å². The van der Waals surface area contributed by atoms with Gasteiger partial charge in [0.15, 0.2) is 6.61 Å². The highest BCUT2D eigenvalue weighted by Crippen LogP contribution is 2.32. The van der Waals surface area contributed by atoms with E-state index in [1.807, 2.05) is 6.07 Å². The normalized spacial score (nSPS) is 9.90. The van der Waals surface area contributed by atoms with E-state index in [-0.39, 0.29) is 18.9 Å². The standard InChI is InChI=1S/C13H15Cl2N3O2/c1-17-7-9-5-10(14)6-11(15)13(9)20-8-12(19)18-4-2-3-16/h5-6,17H,2,4,7-8H2,1H3,(H,18,19). The van der Waals surface area contributed by atoms with Gasteiger partial charge in [-0.25, -0.2) is 0 Å². The maximum absolute atomic E-state index is 11.5. The Labute approximate surface area is 127 Å². The van der Waals surface area contributed by atoms with E-state index in [0.717, 1.165) is 5.56 Å². The van der Waals surface area contributed by atoms with Crippen LogP contribution in [0.5, 0.6) is 5.75 Å². The van der Waals surface area contributed by atoms with E-state index in [2.05, 4.69) is 10.6 Å². The van der Waals surface area contributed by atoms with Gasteiger partial charge in [-0.2, -0.15) is 5.26 Å². The molecular formula is C13H15Cl2N3O2. The summed E-state index contributed by atoms with van der Waals surface area (Å²) < 4.78 is 5.44. The molecule has 0 bridgehead atoms. The van der Waals surface area contributed by atoms with Gasteiger partial charge < -0.3 is 15.4 Å². The van der Waals surface area contributed by atoms with E-state index in [1.54, 1.807) is 19.2 Å². The van der Waals surface area contributed by atoms with Gasteiger partial charge in [-0.15, -0.1) is 0 Å². The zero-order chi connectivity index (χ0) is 15.0. The first-order valence-corrected chi connectivity index (χ1v) is 6.73. The van der Waals surface area contributed by atoms with Crippen molar-refractivity contribution in [2.75, 3.05) is 20.2 Å². The number of carbonyl (C=O) groups excluding carboxylic acids is 1. The van der Waals surface area contributed by atoms with E-state index in [9.17, 15) is 4.79 Å². The van der Waals surface area contributed by atoms with Gasteiger partial charge in [-0.3, -0.25) is 4.79 Å². The quantitative estimate of drug-likeness (QED) is 0.756. The molecule has 0 aromatic heterocycles. The summed E-state index contributed by atoms with van der Waals surface area (Å²) >= 11 is 12.0.